The second kappa shape index (κ2) is 9.84. The van der Waals surface area contributed by atoms with E-state index in [1.165, 1.54) is 10.5 Å². The molecule has 2 atom stereocenters. The van der Waals surface area contributed by atoms with E-state index >= 15 is 0 Å². The van der Waals surface area contributed by atoms with E-state index in [4.69, 9.17) is 0 Å². The second-order valence-electron chi connectivity index (χ2n) is 10.0. The number of rotatable bonds is 6. The second-order valence-corrected chi connectivity index (χ2v) is 11.9. The molecule has 186 valence electrons. The SMILES string of the molecule is Cc1ccc(CN2C(=O)[C@H]3CCCC[C@H]3C2=O)cc1S(=O)(=O)N1CCN(Cc2ccccc2)CC1. The van der Waals surface area contributed by atoms with Gasteiger partial charge in [-0.2, -0.15) is 4.31 Å². The highest BCUT2D eigenvalue weighted by molar-refractivity contribution is 7.89. The molecule has 2 aliphatic heterocycles. The first-order valence-electron chi connectivity index (χ1n) is 12.6. The van der Waals surface area contributed by atoms with Gasteiger partial charge in [-0.1, -0.05) is 55.3 Å². The molecule has 0 bridgehead atoms. The zero-order valence-electron chi connectivity index (χ0n) is 20.2. The minimum atomic E-state index is -3.67. The Morgan fingerprint density at radius 2 is 1.43 bits per heavy atom. The molecule has 1 saturated carbocycles. The maximum absolute atomic E-state index is 13.6. The highest BCUT2D eigenvalue weighted by atomic mass is 32.2. The molecular weight excluding hydrogens is 462 g/mol. The van der Waals surface area contributed by atoms with Crippen molar-refractivity contribution < 1.29 is 18.0 Å². The van der Waals surface area contributed by atoms with Gasteiger partial charge in [-0.15, -0.1) is 0 Å². The minimum Gasteiger partial charge on any atom is -0.296 e. The number of nitrogens with zero attached hydrogens (tertiary/aromatic N) is 3. The number of hydrogen-bond acceptors (Lipinski definition) is 5. The molecule has 2 heterocycles. The van der Waals surface area contributed by atoms with Crippen LogP contribution >= 0.6 is 0 Å². The van der Waals surface area contributed by atoms with Crippen LogP contribution in [0.3, 0.4) is 0 Å². The predicted octanol–water partition coefficient (Wildman–Crippen LogP) is 3.18. The van der Waals surface area contributed by atoms with E-state index in [-0.39, 0.29) is 35.1 Å². The molecule has 7 nitrogen and oxygen atoms in total. The average molecular weight is 496 g/mol. The number of carbonyl (C=O) groups excluding carboxylic acids is 2. The molecule has 1 aliphatic carbocycles. The first-order valence-corrected chi connectivity index (χ1v) is 14.0. The first kappa shape index (κ1) is 24.2. The van der Waals surface area contributed by atoms with Gasteiger partial charge >= 0.3 is 0 Å². The monoisotopic (exact) mass is 495 g/mol. The van der Waals surface area contributed by atoms with Crippen molar-refractivity contribution in [1.82, 2.24) is 14.1 Å². The van der Waals surface area contributed by atoms with Gasteiger partial charge in [-0.25, -0.2) is 8.42 Å². The number of sulfonamides is 1. The van der Waals surface area contributed by atoms with E-state index in [1.54, 1.807) is 23.4 Å². The molecule has 35 heavy (non-hydrogen) atoms. The Labute approximate surface area is 207 Å². The summed E-state index contributed by atoms with van der Waals surface area (Å²) in [5.41, 5.74) is 2.57. The number of hydrogen-bond donors (Lipinski definition) is 0. The lowest BCUT2D eigenvalue weighted by atomic mass is 9.81. The van der Waals surface area contributed by atoms with Gasteiger partial charge in [0.15, 0.2) is 0 Å². The number of aryl methyl sites for hydroxylation is 1. The number of likely N-dealkylation sites (tertiary alicyclic amines) is 1. The van der Waals surface area contributed by atoms with Crippen molar-refractivity contribution in [2.45, 2.75) is 50.6 Å². The van der Waals surface area contributed by atoms with Crippen molar-refractivity contribution in [3.05, 3.63) is 65.2 Å². The fourth-order valence-corrected chi connectivity index (χ4v) is 7.40. The van der Waals surface area contributed by atoms with Gasteiger partial charge in [0.1, 0.15) is 0 Å². The van der Waals surface area contributed by atoms with Gasteiger partial charge in [0.05, 0.1) is 23.3 Å². The van der Waals surface area contributed by atoms with Crippen LogP contribution in [0.1, 0.15) is 42.4 Å². The number of imide groups is 1. The first-order chi connectivity index (χ1) is 16.8. The summed E-state index contributed by atoms with van der Waals surface area (Å²) in [5, 5.41) is 0. The van der Waals surface area contributed by atoms with Crippen LogP contribution in [0, 0.1) is 18.8 Å². The zero-order chi connectivity index (χ0) is 24.6. The number of benzene rings is 2. The molecule has 0 spiro atoms. The quantitative estimate of drug-likeness (QED) is 0.576. The Hall–Kier alpha value is -2.55. The summed E-state index contributed by atoms with van der Waals surface area (Å²) in [6.45, 7) is 4.96. The van der Waals surface area contributed by atoms with Crippen LogP contribution in [0.5, 0.6) is 0 Å². The lowest BCUT2D eigenvalue weighted by Gasteiger charge is -2.34. The minimum absolute atomic E-state index is 0.0979. The fourth-order valence-electron chi connectivity index (χ4n) is 5.70. The molecule has 5 rings (SSSR count). The van der Waals surface area contributed by atoms with Crippen LogP contribution in [0.2, 0.25) is 0 Å². The summed E-state index contributed by atoms with van der Waals surface area (Å²) < 4.78 is 28.7. The lowest BCUT2D eigenvalue weighted by molar-refractivity contribution is -0.140. The summed E-state index contributed by atoms with van der Waals surface area (Å²) in [6, 6.07) is 15.5. The normalized spacial score (nSPS) is 24.1. The molecule has 8 heteroatoms. The summed E-state index contributed by atoms with van der Waals surface area (Å²) >= 11 is 0. The standard InChI is InChI=1S/C27H33N3O4S/c1-20-11-12-22(19-30-26(31)23-9-5-6-10-24(23)27(30)32)17-25(20)35(33,34)29-15-13-28(14-16-29)18-21-7-3-2-4-8-21/h2-4,7-8,11-12,17,23-24H,5-6,9-10,13-16,18-19H2,1H3/t23-,24+. The average Bonchev–Trinajstić information content (AvgIpc) is 3.11. The lowest BCUT2D eigenvalue weighted by Crippen LogP contribution is -2.48. The van der Waals surface area contributed by atoms with E-state index < -0.39 is 10.0 Å². The van der Waals surface area contributed by atoms with Gasteiger partial charge in [-0.3, -0.25) is 19.4 Å². The van der Waals surface area contributed by atoms with Crippen LogP contribution in [0.4, 0.5) is 0 Å². The van der Waals surface area contributed by atoms with E-state index in [0.29, 0.717) is 37.3 Å². The van der Waals surface area contributed by atoms with Crippen LogP contribution in [0.25, 0.3) is 0 Å². The van der Waals surface area contributed by atoms with Crippen molar-refractivity contribution in [1.29, 1.82) is 0 Å². The molecular formula is C27H33N3O4S. The zero-order valence-corrected chi connectivity index (χ0v) is 21.0. The van der Waals surface area contributed by atoms with E-state index in [9.17, 15) is 18.0 Å². The third-order valence-electron chi connectivity index (χ3n) is 7.72. The molecule has 2 aromatic carbocycles. The van der Waals surface area contributed by atoms with E-state index in [2.05, 4.69) is 17.0 Å². The largest absolute Gasteiger partial charge is 0.296 e. The molecule has 0 aromatic heterocycles. The number of piperazine rings is 1. The predicted molar refractivity (Wildman–Crippen MR) is 133 cm³/mol. The number of carbonyl (C=O) groups is 2. The highest BCUT2D eigenvalue weighted by Crippen LogP contribution is 2.38. The molecule has 2 amide bonds. The van der Waals surface area contributed by atoms with E-state index in [1.807, 2.05) is 24.3 Å². The number of fused-ring (bicyclic) bond motifs is 1. The summed E-state index contributed by atoms with van der Waals surface area (Å²) in [4.78, 5) is 29.7. The Morgan fingerprint density at radius 3 is 2.06 bits per heavy atom. The van der Waals surface area contributed by atoms with Crippen molar-refractivity contribution >= 4 is 21.8 Å². The molecule has 3 aliphatic rings. The van der Waals surface area contributed by atoms with Gasteiger partial charge in [0.25, 0.3) is 0 Å². The molecule has 2 saturated heterocycles. The maximum Gasteiger partial charge on any atom is 0.243 e. The van der Waals surface area contributed by atoms with Crippen molar-refractivity contribution in [3.63, 3.8) is 0 Å². The Bertz CT molecular complexity index is 1180. The Balaban J connectivity index is 1.28. The molecule has 0 N–H and O–H groups in total. The van der Waals surface area contributed by atoms with Crippen molar-refractivity contribution in [3.8, 4) is 0 Å². The van der Waals surface area contributed by atoms with Gasteiger partial charge in [0.2, 0.25) is 21.8 Å². The van der Waals surface area contributed by atoms with Crippen molar-refractivity contribution in [2.75, 3.05) is 26.2 Å². The summed E-state index contributed by atoms with van der Waals surface area (Å²) in [7, 11) is -3.67. The van der Waals surface area contributed by atoms with Gasteiger partial charge in [-0.05, 0) is 42.5 Å². The number of amides is 2. The smallest absolute Gasteiger partial charge is 0.243 e. The third-order valence-corrected chi connectivity index (χ3v) is 9.76. The Kier molecular flexibility index (Phi) is 6.79. The van der Waals surface area contributed by atoms with Crippen LogP contribution < -0.4 is 0 Å². The van der Waals surface area contributed by atoms with E-state index in [0.717, 1.165) is 32.2 Å². The summed E-state index contributed by atoms with van der Waals surface area (Å²) in [5.74, 6) is -0.590. The molecule has 2 aromatic rings. The Morgan fingerprint density at radius 1 is 0.800 bits per heavy atom. The van der Waals surface area contributed by atoms with Crippen LogP contribution in [0.15, 0.2) is 53.4 Å². The van der Waals surface area contributed by atoms with Gasteiger partial charge < -0.3 is 0 Å². The maximum atomic E-state index is 13.6. The molecule has 0 radical (unpaired) electrons. The van der Waals surface area contributed by atoms with Crippen molar-refractivity contribution in [2.24, 2.45) is 11.8 Å². The molecule has 3 fully saturated rings. The van der Waals surface area contributed by atoms with Crippen LogP contribution in [-0.4, -0.2) is 60.5 Å². The molecule has 0 unspecified atom stereocenters. The van der Waals surface area contributed by atoms with Gasteiger partial charge in [0, 0.05) is 32.7 Å². The summed E-state index contributed by atoms with van der Waals surface area (Å²) in [6.07, 6.45) is 3.52. The highest BCUT2D eigenvalue weighted by Gasteiger charge is 2.48. The fraction of sp³-hybridized carbons (Fsp3) is 0.481. The topological polar surface area (TPSA) is 78.0 Å². The van der Waals surface area contributed by atoms with Crippen LogP contribution in [-0.2, 0) is 32.7 Å². The third kappa shape index (κ3) is 4.79.